The largest absolute Gasteiger partial charge is 0.314 e. The average Bonchev–Trinajstić information content (AvgIpc) is 2.77. The topological polar surface area (TPSA) is 12.0 Å². The van der Waals surface area contributed by atoms with Crippen molar-refractivity contribution in [2.24, 2.45) is 5.92 Å². The Hall–Kier alpha value is -0.340. The molecule has 0 saturated heterocycles. The number of thiophene rings is 1. The Morgan fingerprint density at radius 2 is 2.43 bits per heavy atom. The zero-order valence-electron chi connectivity index (χ0n) is 8.83. The van der Waals surface area contributed by atoms with Crippen molar-refractivity contribution in [1.82, 2.24) is 5.32 Å². The summed E-state index contributed by atoms with van der Waals surface area (Å²) in [7, 11) is 0. The first-order chi connectivity index (χ1) is 6.84. The molecule has 1 N–H and O–H groups in total. The van der Waals surface area contributed by atoms with E-state index in [1.165, 1.54) is 30.6 Å². The Bertz CT molecular complexity index is 255. The zero-order chi connectivity index (χ0) is 9.80. The Balaban J connectivity index is 1.64. The monoisotopic (exact) mass is 209 g/mol. The number of nitrogens with one attached hydrogen (secondary N) is 1. The quantitative estimate of drug-likeness (QED) is 0.803. The normalized spacial score (nSPS) is 26.9. The molecule has 0 bridgehead atoms. The van der Waals surface area contributed by atoms with Crippen LogP contribution in [0.3, 0.4) is 0 Å². The molecule has 0 aromatic carbocycles. The van der Waals surface area contributed by atoms with E-state index in [0.717, 1.165) is 18.5 Å². The van der Waals surface area contributed by atoms with E-state index in [9.17, 15) is 0 Å². The molecule has 0 radical (unpaired) electrons. The minimum Gasteiger partial charge on any atom is -0.314 e. The van der Waals surface area contributed by atoms with E-state index < -0.39 is 0 Å². The second kappa shape index (κ2) is 4.94. The molecule has 1 heterocycles. The molecule has 1 aliphatic carbocycles. The lowest BCUT2D eigenvalue weighted by Gasteiger charge is -2.11. The Labute approximate surface area is 90.5 Å². The van der Waals surface area contributed by atoms with Gasteiger partial charge in [-0.2, -0.15) is 0 Å². The number of hydrogen-bond acceptors (Lipinski definition) is 2. The molecular formula is C12H19NS. The van der Waals surface area contributed by atoms with Gasteiger partial charge in [-0.15, -0.1) is 11.3 Å². The molecule has 0 unspecified atom stereocenters. The van der Waals surface area contributed by atoms with Gasteiger partial charge in [0, 0.05) is 17.5 Å². The van der Waals surface area contributed by atoms with Crippen molar-refractivity contribution < 1.29 is 0 Å². The van der Waals surface area contributed by atoms with Crippen molar-refractivity contribution in [3.63, 3.8) is 0 Å². The third kappa shape index (κ3) is 2.82. The lowest BCUT2D eigenvalue weighted by molar-refractivity contribution is 0.506. The maximum absolute atomic E-state index is 3.66. The van der Waals surface area contributed by atoms with Gasteiger partial charge in [0.25, 0.3) is 0 Å². The zero-order valence-corrected chi connectivity index (χ0v) is 9.65. The van der Waals surface area contributed by atoms with Crippen molar-refractivity contribution in [2.75, 3.05) is 6.54 Å². The van der Waals surface area contributed by atoms with Crippen LogP contribution < -0.4 is 5.32 Å². The van der Waals surface area contributed by atoms with E-state index in [1.807, 2.05) is 11.3 Å². The summed E-state index contributed by atoms with van der Waals surface area (Å²) in [6.45, 7) is 3.51. The van der Waals surface area contributed by atoms with Crippen LogP contribution in [0.25, 0.3) is 0 Å². The number of hydrogen-bond donors (Lipinski definition) is 1. The predicted molar refractivity (Wildman–Crippen MR) is 62.8 cm³/mol. The highest BCUT2D eigenvalue weighted by Crippen LogP contribution is 2.24. The fraction of sp³-hybridized carbons (Fsp3) is 0.667. The average molecular weight is 209 g/mol. The lowest BCUT2D eigenvalue weighted by Crippen LogP contribution is -2.28. The maximum atomic E-state index is 3.66. The van der Waals surface area contributed by atoms with Crippen LogP contribution in [0.15, 0.2) is 17.5 Å². The van der Waals surface area contributed by atoms with E-state index in [0.29, 0.717) is 0 Å². The summed E-state index contributed by atoms with van der Waals surface area (Å²) in [5.41, 5.74) is 0. The molecule has 0 amide bonds. The smallest absolute Gasteiger partial charge is 0.00698 e. The van der Waals surface area contributed by atoms with E-state index in [-0.39, 0.29) is 0 Å². The van der Waals surface area contributed by atoms with Crippen molar-refractivity contribution in [1.29, 1.82) is 0 Å². The number of rotatable bonds is 4. The molecule has 1 fully saturated rings. The summed E-state index contributed by atoms with van der Waals surface area (Å²) in [6.07, 6.45) is 5.37. The third-order valence-electron chi connectivity index (χ3n) is 3.08. The van der Waals surface area contributed by atoms with Crippen LogP contribution in [0.2, 0.25) is 0 Å². The van der Waals surface area contributed by atoms with Gasteiger partial charge in [-0.1, -0.05) is 13.0 Å². The minimum absolute atomic E-state index is 0.796. The molecule has 0 aliphatic heterocycles. The fourth-order valence-corrected chi connectivity index (χ4v) is 2.96. The van der Waals surface area contributed by atoms with Crippen molar-refractivity contribution in [3.8, 4) is 0 Å². The molecule has 78 valence electrons. The molecule has 1 aromatic rings. The third-order valence-corrected chi connectivity index (χ3v) is 4.02. The highest BCUT2D eigenvalue weighted by Gasteiger charge is 2.19. The van der Waals surface area contributed by atoms with Crippen LogP contribution in [0.1, 0.15) is 31.1 Å². The first-order valence-electron chi connectivity index (χ1n) is 5.60. The molecule has 2 heteroatoms. The van der Waals surface area contributed by atoms with Crippen LogP contribution in [0.4, 0.5) is 0 Å². The summed E-state index contributed by atoms with van der Waals surface area (Å²) in [5.74, 6) is 0.939. The van der Waals surface area contributed by atoms with Crippen molar-refractivity contribution in [3.05, 3.63) is 22.4 Å². The first-order valence-corrected chi connectivity index (χ1v) is 6.48. The van der Waals surface area contributed by atoms with E-state index in [1.54, 1.807) is 0 Å². The molecular weight excluding hydrogens is 190 g/mol. The van der Waals surface area contributed by atoms with Crippen LogP contribution in [0.5, 0.6) is 0 Å². The molecule has 2 atom stereocenters. The SMILES string of the molecule is C[C@@H]1CC[C@H](NCCc2cccs2)C1. The van der Waals surface area contributed by atoms with Gasteiger partial charge in [0.05, 0.1) is 0 Å². The summed E-state index contributed by atoms with van der Waals surface area (Å²) in [4.78, 5) is 1.50. The molecule has 1 saturated carbocycles. The van der Waals surface area contributed by atoms with Crippen molar-refractivity contribution in [2.45, 2.75) is 38.6 Å². The summed E-state index contributed by atoms with van der Waals surface area (Å²) in [5, 5.41) is 5.82. The highest BCUT2D eigenvalue weighted by atomic mass is 32.1. The standard InChI is InChI=1S/C12H19NS/c1-10-4-5-11(9-10)13-7-6-12-3-2-8-14-12/h2-3,8,10-11,13H,4-7,9H2,1H3/t10-,11+/m1/s1. The second-order valence-corrected chi connectivity index (χ2v) is 5.43. The molecule has 1 nitrogen and oxygen atoms in total. The van der Waals surface area contributed by atoms with Gasteiger partial charge in [-0.3, -0.25) is 0 Å². The van der Waals surface area contributed by atoms with Gasteiger partial charge in [-0.25, -0.2) is 0 Å². The van der Waals surface area contributed by atoms with Crippen LogP contribution in [0, 0.1) is 5.92 Å². The molecule has 14 heavy (non-hydrogen) atoms. The van der Waals surface area contributed by atoms with Gasteiger partial charge < -0.3 is 5.32 Å². The van der Waals surface area contributed by atoms with Gasteiger partial charge in [-0.05, 0) is 43.0 Å². The van der Waals surface area contributed by atoms with Crippen LogP contribution in [-0.4, -0.2) is 12.6 Å². The van der Waals surface area contributed by atoms with E-state index in [2.05, 4.69) is 29.8 Å². The predicted octanol–water partition coefficient (Wildman–Crippen LogP) is 3.07. The maximum Gasteiger partial charge on any atom is 0.00698 e. The fourth-order valence-electron chi connectivity index (χ4n) is 2.25. The van der Waals surface area contributed by atoms with Gasteiger partial charge in [0.1, 0.15) is 0 Å². The summed E-state index contributed by atoms with van der Waals surface area (Å²) >= 11 is 1.87. The summed E-state index contributed by atoms with van der Waals surface area (Å²) < 4.78 is 0. The second-order valence-electron chi connectivity index (χ2n) is 4.40. The van der Waals surface area contributed by atoms with Crippen molar-refractivity contribution >= 4 is 11.3 Å². The molecule has 2 rings (SSSR count). The lowest BCUT2D eigenvalue weighted by atomic mass is 10.1. The van der Waals surface area contributed by atoms with Gasteiger partial charge >= 0.3 is 0 Å². The Kier molecular flexibility index (Phi) is 3.60. The van der Waals surface area contributed by atoms with Crippen LogP contribution in [-0.2, 0) is 6.42 Å². The van der Waals surface area contributed by atoms with Gasteiger partial charge in [0.15, 0.2) is 0 Å². The molecule has 1 aromatic heterocycles. The van der Waals surface area contributed by atoms with E-state index >= 15 is 0 Å². The highest BCUT2D eigenvalue weighted by molar-refractivity contribution is 7.09. The Morgan fingerprint density at radius 3 is 3.07 bits per heavy atom. The first kappa shape index (κ1) is 10.2. The molecule has 1 aliphatic rings. The minimum atomic E-state index is 0.796. The summed E-state index contributed by atoms with van der Waals surface area (Å²) in [6, 6.07) is 5.16. The van der Waals surface area contributed by atoms with Gasteiger partial charge in [0.2, 0.25) is 0 Å². The Morgan fingerprint density at radius 1 is 1.50 bits per heavy atom. The molecule has 0 spiro atoms. The van der Waals surface area contributed by atoms with E-state index in [4.69, 9.17) is 0 Å². The van der Waals surface area contributed by atoms with Crippen LogP contribution >= 0.6 is 11.3 Å².